The van der Waals surface area contributed by atoms with Gasteiger partial charge < -0.3 is 9.84 Å². The number of ether oxygens (including phenoxy) is 1. The van der Waals surface area contributed by atoms with Crippen LogP contribution in [0.15, 0.2) is 0 Å². The van der Waals surface area contributed by atoms with Crippen LogP contribution in [-0.2, 0) is 9.53 Å². The molecule has 1 atom stereocenters. The van der Waals surface area contributed by atoms with E-state index >= 15 is 0 Å². The third-order valence-corrected chi connectivity index (χ3v) is 4.62. The van der Waals surface area contributed by atoms with E-state index in [2.05, 4.69) is 5.32 Å². The first-order chi connectivity index (χ1) is 9.60. The van der Waals surface area contributed by atoms with Crippen LogP contribution in [0.25, 0.3) is 0 Å². The number of hydrogen-bond acceptors (Lipinski definition) is 3. The van der Waals surface area contributed by atoms with E-state index in [1.807, 2.05) is 6.92 Å². The highest BCUT2D eigenvalue weighted by Crippen LogP contribution is 2.26. The zero-order valence-corrected chi connectivity index (χ0v) is 12.7. The lowest BCUT2D eigenvalue weighted by Gasteiger charge is -2.26. The summed E-state index contributed by atoms with van der Waals surface area (Å²) in [6, 6.07) is 0.426. The van der Waals surface area contributed by atoms with E-state index in [4.69, 9.17) is 4.74 Å². The fourth-order valence-corrected chi connectivity index (χ4v) is 3.03. The van der Waals surface area contributed by atoms with Gasteiger partial charge in [-0.1, -0.05) is 12.8 Å². The molecule has 0 bridgehead atoms. The van der Waals surface area contributed by atoms with E-state index in [1.54, 1.807) is 0 Å². The molecule has 0 radical (unpaired) electrons. The highest BCUT2D eigenvalue weighted by Gasteiger charge is 2.37. The van der Waals surface area contributed by atoms with Crippen molar-refractivity contribution >= 4 is 5.97 Å². The molecule has 0 saturated heterocycles. The Morgan fingerprint density at radius 3 is 2.55 bits per heavy atom. The van der Waals surface area contributed by atoms with Crippen LogP contribution in [-0.4, -0.2) is 35.9 Å². The Bertz CT molecular complexity index is 311. The third kappa shape index (κ3) is 5.06. The molecule has 0 aliphatic heterocycles. The molecule has 116 valence electrons. The SMILES string of the molecule is CC(CCCCOCC1CCCC1)(NC1CC1)C(=O)O. The van der Waals surface area contributed by atoms with Gasteiger partial charge in [0.05, 0.1) is 0 Å². The minimum atomic E-state index is -0.757. The van der Waals surface area contributed by atoms with Crippen molar-refractivity contribution in [2.75, 3.05) is 13.2 Å². The summed E-state index contributed by atoms with van der Waals surface area (Å²) in [7, 11) is 0. The van der Waals surface area contributed by atoms with Crippen molar-refractivity contribution in [3.63, 3.8) is 0 Å². The zero-order valence-electron chi connectivity index (χ0n) is 12.7. The second kappa shape index (κ2) is 7.41. The summed E-state index contributed by atoms with van der Waals surface area (Å²) in [5.41, 5.74) is -0.757. The molecule has 2 fully saturated rings. The van der Waals surface area contributed by atoms with Crippen LogP contribution >= 0.6 is 0 Å². The van der Waals surface area contributed by atoms with E-state index in [-0.39, 0.29) is 0 Å². The molecule has 2 rings (SSSR count). The maximum atomic E-state index is 11.4. The topological polar surface area (TPSA) is 58.6 Å². The number of carbonyl (C=O) groups is 1. The molecular weight excluding hydrogens is 254 g/mol. The Morgan fingerprint density at radius 2 is 1.95 bits per heavy atom. The molecule has 2 N–H and O–H groups in total. The van der Waals surface area contributed by atoms with Gasteiger partial charge in [-0.3, -0.25) is 10.1 Å². The van der Waals surface area contributed by atoms with Gasteiger partial charge in [-0.25, -0.2) is 0 Å². The Balaban J connectivity index is 1.54. The second-order valence-electron chi connectivity index (χ2n) is 6.74. The van der Waals surface area contributed by atoms with Crippen LogP contribution in [0.1, 0.15) is 64.7 Å². The van der Waals surface area contributed by atoms with Crippen LogP contribution in [0.2, 0.25) is 0 Å². The van der Waals surface area contributed by atoms with Crippen molar-refractivity contribution in [2.24, 2.45) is 5.92 Å². The number of nitrogens with one attached hydrogen (secondary N) is 1. The van der Waals surface area contributed by atoms with Gasteiger partial charge in [0.1, 0.15) is 5.54 Å². The van der Waals surface area contributed by atoms with Crippen molar-refractivity contribution in [1.82, 2.24) is 5.32 Å². The average Bonchev–Trinajstić information content (AvgIpc) is 3.05. The van der Waals surface area contributed by atoms with Crippen LogP contribution < -0.4 is 5.32 Å². The van der Waals surface area contributed by atoms with E-state index in [1.165, 1.54) is 25.7 Å². The normalized spacial score (nSPS) is 22.9. The smallest absolute Gasteiger partial charge is 0.323 e. The van der Waals surface area contributed by atoms with E-state index in [9.17, 15) is 9.90 Å². The van der Waals surface area contributed by atoms with Gasteiger partial charge >= 0.3 is 5.97 Å². The lowest BCUT2D eigenvalue weighted by Crippen LogP contribution is -2.50. The molecule has 0 spiro atoms. The third-order valence-electron chi connectivity index (χ3n) is 4.62. The summed E-state index contributed by atoms with van der Waals surface area (Å²) in [5.74, 6) is 0.0482. The number of aliphatic carboxylic acids is 1. The van der Waals surface area contributed by atoms with Crippen LogP contribution in [0.5, 0.6) is 0 Å². The Hall–Kier alpha value is -0.610. The molecule has 1 unspecified atom stereocenters. The molecule has 4 heteroatoms. The maximum absolute atomic E-state index is 11.4. The summed E-state index contributed by atoms with van der Waals surface area (Å²) >= 11 is 0. The average molecular weight is 283 g/mol. The van der Waals surface area contributed by atoms with E-state index in [0.29, 0.717) is 12.5 Å². The van der Waals surface area contributed by atoms with Gasteiger partial charge in [0.2, 0.25) is 0 Å². The zero-order chi connectivity index (χ0) is 14.4. The highest BCUT2D eigenvalue weighted by molar-refractivity contribution is 5.78. The van der Waals surface area contributed by atoms with Crippen molar-refractivity contribution in [2.45, 2.75) is 76.3 Å². The van der Waals surface area contributed by atoms with Gasteiger partial charge in [-0.15, -0.1) is 0 Å². The van der Waals surface area contributed by atoms with Gasteiger partial charge in [-0.2, -0.15) is 0 Å². The molecule has 0 aromatic heterocycles. The van der Waals surface area contributed by atoms with Gasteiger partial charge in [0.25, 0.3) is 0 Å². The molecule has 20 heavy (non-hydrogen) atoms. The Labute approximate surface area is 122 Å². The largest absolute Gasteiger partial charge is 0.480 e. The summed E-state index contributed by atoms with van der Waals surface area (Å²) in [6.07, 6.45) is 10.2. The molecule has 0 aromatic carbocycles. The number of carboxylic acid groups (broad SMARTS) is 1. The first-order valence-corrected chi connectivity index (χ1v) is 8.19. The van der Waals surface area contributed by atoms with Crippen molar-refractivity contribution < 1.29 is 14.6 Å². The monoisotopic (exact) mass is 283 g/mol. The molecule has 2 aliphatic rings. The molecule has 0 amide bonds. The fraction of sp³-hybridized carbons (Fsp3) is 0.938. The van der Waals surface area contributed by atoms with Crippen molar-refractivity contribution in [1.29, 1.82) is 0 Å². The van der Waals surface area contributed by atoms with Gasteiger partial charge in [0.15, 0.2) is 0 Å². The van der Waals surface area contributed by atoms with E-state index in [0.717, 1.165) is 44.8 Å². The quantitative estimate of drug-likeness (QED) is 0.605. The lowest BCUT2D eigenvalue weighted by atomic mass is 9.95. The first kappa shape index (κ1) is 15.8. The van der Waals surface area contributed by atoms with Gasteiger partial charge in [-0.05, 0) is 57.8 Å². The molecular formula is C16H29NO3. The molecule has 2 aliphatic carbocycles. The first-order valence-electron chi connectivity index (χ1n) is 8.19. The van der Waals surface area contributed by atoms with Gasteiger partial charge in [0, 0.05) is 19.3 Å². The predicted molar refractivity (Wildman–Crippen MR) is 78.8 cm³/mol. The molecule has 0 aromatic rings. The fourth-order valence-electron chi connectivity index (χ4n) is 3.03. The second-order valence-corrected chi connectivity index (χ2v) is 6.74. The van der Waals surface area contributed by atoms with Crippen LogP contribution in [0.3, 0.4) is 0 Å². The summed E-state index contributed by atoms with van der Waals surface area (Å²) in [6.45, 7) is 3.49. The predicted octanol–water partition coefficient (Wildman–Crippen LogP) is 2.96. The van der Waals surface area contributed by atoms with E-state index < -0.39 is 11.5 Å². The minimum absolute atomic E-state index is 0.426. The number of unbranched alkanes of at least 4 members (excludes halogenated alkanes) is 1. The number of rotatable bonds is 10. The Morgan fingerprint density at radius 1 is 1.25 bits per heavy atom. The lowest BCUT2D eigenvalue weighted by molar-refractivity contribution is -0.144. The Kier molecular flexibility index (Phi) is 5.85. The summed E-state index contributed by atoms with van der Waals surface area (Å²) in [4.78, 5) is 11.4. The van der Waals surface area contributed by atoms with Crippen molar-refractivity contribution in [3.05, 3.63) is 0 Å². The van der Waals surface area contributed by atoms with Crippen molar-refractivity contribution in [3.8, 4) is 0 Å². The molecule has 4 nitrogen and oxygen atoms in total. The standard InChI is InChI=1S/C16H29NO3/c1-16(15(18)19,17-14-8-9-14)10-4-5-11-20-12-13-6-2-3-7-13/h13-14,17H,2-12H2,1H3,(H,18,19). The molecule has 0 heterocycles. The number of hydrogen-bond donors (Lipinski definition) is 2. The summed E-state index contributed by atoms with van der Waals surface area (Å²) in [5, 5.41) is 12.6. The maximum Gasteiger partial charge on any atom is 0.323 e. The van der Waals surface area contributed by atoms with Crippen LogP contribution in [0, 0.1) is 5.92 Å². The number of carboxylic acids is 1. The summed E-state index contributed by atoms with van der Waals surface area (Å²) < 4.78 is 5.72. The molecule has 2 saturated carbocycles. The van der Waals surface area contributed by atoms with Crippen LogP contribution in [0.4, 0.5) is 0 Å². The highest BCUT2D eigenvalue weighted by atomic mass is 16.5. The minimum Gasteiger partial charge on any atom is -0.480 e.